The summed E-state index contributed by atoms with van der Waals surface area (Å²) in [6.07, 6.45) is 8.47. The smallest absolute Gasteiger partial charge is 0.0689 e. The van der Waals surface area contributed by atoms with Gasteiger partial charge in [-0.3, -0.25) is 0 Å². The fourth-order valence-electron chi connectivity index (χ4n) is 2.81. The number of hydrogen-bond acceptors (Lipinski definition) is 1. The van der Waals surface area contributed by atoms with Crippen LogP contribution in [0.5, 0.6) is 0 Å². The maximum atomic E-state index is 9.39. The van der Waals surface area contributed by atoms with Crippen LogP contribution in [0.4, 0.5) is 0 Å². The molecule has 1 rings (SSSR count). The van der Waals surface area contributed by atoms with E-state index in [1.54, 1.807) is 0 Å². The van der Waals surface area contributed by atoms with Gasteiger partial charge >= 0.3 is 0 Å². The topological polar surface area (TPSA) is 23.8 Å². The van der Waals surface area contributed by atoms with Gasteiger partial charge in [-0.2, -0.15) is 5.26 Å². The third kappa shape index (κ3) is 3.23. The Bertz CT molecular complexity index is 218. The normalized spacial score (nSPS) is 33.3. The molecule has 15 heavy (non-hydrogen) atoms. The molecule has 1 unspecified atom stereocenters. The highest BCUT2D eigenvalue weighted by Crippen LogP contribution is 2.44. The van der Waals surface area contributed by atoms with Crippen molar-refractivity contribution < 1.29 is 0 Å². The quantitative estimate of drug-likeness (QED) is 0.664. The molecule has 0 aromatic heterocycles. The molecule has 0 saturated heterocycles. The lowest BCUT2D eigenvalue weighted by atomic mass is 9.67. The van der Waals surface area contributed by atoms with E-state index in [1.165, 1.54) is 25.7 Å². The molecule has 1 fully saturated rings. The van der Waals surface area contributed by atoms with Gasteiger partial charge in [0.05, 0.1) is 11.5 Å². The van der Waals surface area contributed by atoms with Crippen molar-refractivity contribution in [3.05, 3.63) is 0 Å². The fraction of sp³-hybridized carbons (Fsp3) is 0.929. The van der Waals surface area contributed by atoms with Crippen LogP contribution in [-0.4, -0.2) is 0 Å². The highest BCUT2D eigenvalue weighted by molar-refractivity contribution is 5.02. The summed E-state index contributed by atoms with van der Waals surface area (Å²) in [4.78, 5) is 0. The molecule has 86 valence electrons. The van der Waals surface area contributed by atoms with Crippen LogP contribution in [0.3, 0.4) is 0 Å². The van der Waals surface area contributed by atoms with Gasteiger partial charge in [-0.25, -0.2) is 0 Å². The Morgan fingerprint density at radius 2 is 1.93 bits per heavy atom. The SMILES string of the molecule is CCC(C)CC1(C#N)CCC(CC)CC1. The summed E-state index contributed by atoms with van der Waals surface area (Å²) in [5.74, 6) is 1.60. The van der Waals surface area contributed by atoms with E-state index in [0.717, 1.165) is 25.2 Å². The monoisotopic (exact) mass is 207 g/mol. The second-order valence-corrected chi connectivity index (χ2v) is 5.46. The number of rotatable bonds is 4. The molecule has 0 spiro atoms. The fourth-order valence-corrected chi connectivity index (χ4v) is 2.81. The molecule has 0 amide bonds. The largest absolute Gasteiger partial charge is 0.198 e. The minimum absolute atomic E-state index is 0.0289. The van der Waals surface area contributed by atoms with Crippen LogP contribution in [0, 0.1) is 28.6 Å². The predicted molar refractivity (Wildman–Crippen MR) is 64.4 cm³/mol. The van der Waals surface area contributed by atoms with Gasteiger partial charge in [-0.15, -0.1) is 0 Å². The van der Waals surface area contributed by atoms with E-state index < -0.39 is 0 Å². The molecule has 0 aromatic rings. The van der Waals surface area contributed by atoms with Crippen LogP contribution in [0.25, 0.3) is 0 Å². The van der Waals surface area contributed by atoms with E-state index in [0.29, 0.717) is 5.92 Å². The molecular weight excluding hydrogens is 182 g/mol. The molecule has 0 aromatic carbocycles. The van der Waals surface area contributed by atoms with Gasteiger partial charge in [0.15, 0.2) is 0 Å². The Morgan fingerprint density at radius 1 is 1.33 bits per heavy atom. The van der Waals surface area contributed by atoms with Gasteiger partial charge in [0.1, 0.15) is 0 Å². The molecule has 1 aliphatic carbocycles. The zero-order chi connectivity index (χ0) is 11.3. The average molecular weight is 207 g/mol. The first kappa shape index (κ1) is 12.6. The lowest BCUT2D eigenvalue weighted by Gasteiger charge is -2.36. The van der Waals surface area contributed by atoms with Gasteiger partial charge in [-0.05, 0) is 43.9 Å². The van der Waals surface area contributed by atoms with Gasteiger partial charge in [0, 0.05) is 0 Å². The summed E-state index contributed by atoms with van der Waals surface area (Å²) in [6, 6.07) is 2.63. The van der Waals surface area contributed by atoms with Crippen molar-refractivity contribution in [3.8, 4) is 6.07 Å². The minimum atomic E-state index is 0.0289. The summed E-state index contributed by atoms with van der Waals surface area (Å²) in [5.41, 5.74) is 0.0289. The first-order valence-electron chi connectivity index (χ1n) is 6.57. The van der Waals surface area contributed by atoms with E-state index in [1.807, 2.05) is 0 Å². The third-order valence-electron chi connectivity index (χ3n) is 4.31. The lowest BCUT2D eigenvalue weighted by Crippen LogP contribution is -2.27. The first-order chi connectivity index (χ1) is 7.15. The second-order valence-electron chi connectivity index (χ2n) is 5.46. The van der Waals surface area contributed by atoms with Crippen LogP contribution in [0.1, 0.15) is 65.7 Å². The summed E-state index contributed by atoms with van der Waals surface area (Å²) in [5, 5.41) is 9.39. The summed E-state index contributed by atoms with van der Waals surface area (Å²) in [7, 11) is 0. The van der Waals surface area contributed by atoms with E-state index >= 15 is 0 Å². The summed E-state index contributed by atoms with van der Waals surface area (Å²) < 4.78 is 0. The Hall–Kier alpha value is -0.510. The molecule has 1 atom stereocenters. The number of nitriles is 1. The van der Waals surface area contributed by atoms with Crippen LogP contribution < -0.4 is 0 Å². The number of hydrogen-bond donors (Lipinski definition) is 0. The third-order valence-corrected chi connectivity index (χ3v) is 4.31. The van der Waals surface area contributed by atoms with Gasteiger partial charge < -0.3 is 0 Å². The summed E-state index contributed by atoms with van der Waals surface area (Å²) >= 11 is 0. The molecule has 0 aliphatic heterocycles. The maximum absolute atomic E-state index is 9.39. The standard InChI is InChI=1S/C14H25N/c1-4-12(3)10-14(11-15)8-6-13(5-2)7-9-14/h12-13H,4-10H2,1-3H3. The highest BCUT2D eigenvalue weighted by Gasteiger charge is 2.35. The van der Waals surface area contributed by atoms with Crippen LogP contribution >= 0.6 is 0 Å². The van der Waals surface area contributed by atoms with Crippen molar-refractivity contribution in [2.75, 3.05) is 0 Å². The van der Waals surface area contributed by atoms with Crippen molar-refractivity contribution in [2.45, 2.75) is 65.7 Å². The van der Waals surface area contributed by atoms with E-state index in [4.69, 9.17) is 0 Å². The van der Waals surface area contributed by atoms with Crippen molar-refractivity contribution in [2.24, 2.45) is 17.3 Å². The van der Waals surface area contributed by atoms with E-state index in [9.17, 15) is 5.26 Å². The maximum Gasteiger partial charge on any atom is 0.0689 e. The van der Waals surface area contributed by atoms with Gasteiger partial charge in [0.25, 0.3) is 0 Å². The Kier molecular flexibility index (Phi) is 4.64. The molecule has 0 bridgehead atoms. The van der Waals surface area contributed by atoms with Gasteiger partial charge in [0.2, 0.25) is 0 Å². The molecule has 0 N–H and O–H groups in total. The molecule has 1 heteroatoms. The Balaban J connectivity index is 2.53. The average Bonchev–Trinajstić information content (AvgIpc) is 2.30. The van der Waals surface area contributed by atoms with E-state index in [2.05, 4.69) is 26.8 Å². The minimum Gasteiger partial charge on any atom is -0.198 e. The Labute approximate surface area is 94.9 Å². The van der Waals surface area contributed by atoms with Gasteiger partial charge in [-0.1, -0.05) is 33.6 Å². The second kappa shape index (κ2) is 5.54. The number of nitrogens with zero attached hydrogens (tertiary/aromatic N) is 1. The van der Waals surface area contributed by atoms with E-state index in [-0.39, 0.29) is 5.41 Å². The molecule has 0 radical (unpaired) electrons. The molecular formula is C14H25N. The molecule has 1 nitrogen and oxygen atoms in total. The van der Waals surface area contributed by atoms with Crippen molar-refractivity contribution in [3.63, 3.8) is 0 Å². The Morgan fingerprint density at radius 3 is 2.33 bits per heavy atom. The van der Waals surface area contributed by atoms with Crippen LogP contribution in [-0.2, 0) is 0 Å². The first-order valence-corrected chi connectivity index (χ1v) is 6.57. The molecule has 1 aliphatic rings. The van der Waals surface area contributed by atoms with Crippen LogP contribution in [0.15, 0.2) is 0 Å². The zero-order valence-electron chi connectivity index (χ0n) is 10.6. The predicted octanol–water partition coefficient (Wildman–Crippen LogP) is 4.53. The van der Waals surface area contributed by atoms with Crippen molar-refractivity contribution in [1.29, 1.82) is 5.26 Å². The lowest BCUT2D eigenvalue weighted by molar-refractivity contribution is 0.170. The molecule has 0 heterocycles. The highest BCUT2D eigenvalue weighted by atomic mass is 14.4. The molecule has 1 saturated carbocycles. The van der Waals surface area contributed by atoms with Crippen molar-refractivity contribution in [1.82, 2.24) is 0 Å². The van der Waals surface area contributed by atoms with Crippen molar-refractivity contribution >= 4 is 0 Å². The van der Waals surface area contributed by atoms with Crippen LogP contribution in [0.2, 0.25) is 0 Å². The summed E-state index contributed by atoms with van der Waals surface area (Å²) in [6.45, 7) is 6.79. The zero-order valence-corrected chi connectivity index (χ0v) is 10.6.